The second-order valence-corrected chi connectivity index (χ2v) is 6.64. The molecular formula is C19H21F3N2O4. The van der Waals surface area contributed by atoms with E-state index in [1.165, 1.54) is 12.1 Å². The number of hydrogen-bond donors (Lipinski definition) is 1. The van der Waals surface area contributed by atoms with Gasteiger partial charge < -0.3 is 19.3 Å². The molecule has 1 N–H and O–H groups in total. The summed E-state index contributed by atoms with van der Waals surface area (Å²) in [5, 5.41) is 6.53. The highest BCUT2D eigenvalue weighted by Crippen LogP contribution is 2.29. The minimum absolute atomic E-state index is 0.00348. The molecule has 9 heteroatoms. The summed E-state index contributed by atoms with van der Waals surface area (Å²) >= 11 is 0. The molecule has 1 aliphatic rings. The van der Waals surface area contributed by atoms with E-state index in [1.807, 2.05) is 0 Å². The average molecular weight is 398 g/mol. The summed E-state index contributed by atoms with van der Waals surface area (Å²) < 4.78 is 53.8. The van der Waals surface area contributed by atoms with E-state index >= 15 is 0 Å². The first-order chi connectivity index (χ1) is 13.4. The van der Waals surface area contributed by atoms with Crippen molar-refractivity contribution < 1.29 is 32.0 Å². The third-order valence-electron chi connectivity index (χ3n) is 4.45. The van der Waals surface area contributed by atoms with Gasteiger partial charge in [0, 0.05) is 25.8 Å². The molecule has 1 fully saturated rings. The zero-order valence-corrected chi connectivity index (χ0v) is 15.1. The van der Waals surface area contributed by atoms with Crippen molar-refractivity contribution >= 4 is 5.91 Å². The number of nitrogens with one attached hydrogen (secondary N) is 1. The summed E-state index contributed by atoms with van der Waals surface area (Å²) in [5.74, 6) is 0.377. The van der Waals surface area contributed by atoms with Gasteiger partial charge in [-0.15, -0.1) is 0 Å². The minimum atomic E-state index is -4.39. The number of carbonyl (C=O) groups is 1. The number of aromatic nitrogens is 1. The van der Waals surface area contributed by atoms with Crippen LogP contribution in [0.3, 0.4) is 0 Å². The molecule has 0 saturated carbocycles. The second-order valence-electron chi connectivity index (χ2n) is 6.64. The molecule has 1 saturated heterocycles. The van der Waals surface area contributed by atoms with Crippen LogP contribution in [0.1, 0.15) is 40.2 Å². The molecule has 6 nitrogen and oxygen atoms in total. The number of amides is 1. The Bertz CT molecular complexity index is 785. The predicted molar refractivity (Wildman–Crippen MR) is 92.3 cm³/mol. The zero-order chi connectivity index (χ0) is 20.0. The molecule has 0 aliphatic carbocycles. The largest absolute Gasteiger partial charge is 0.416 e. The van der Waals surface area contributed by atoms with E-state index < -0.39 is 11.7 Å². The van der Waals surface area contributed by atoms with Gasteiger partial charge in [-0.2, -0.15) is 13.2 Å². The summed E-state index contributed by atoms with van der Waals surface area (Å²) in [6.45, 7) is 1.94. The van der Waals surface area contributed by atoms with Crippen molar-refractivity contribution in [2.24, 2.45) is 5.92 Å². The normalized spacial score (nSPS) is 15.5. The fraction of sp³-hybridized carbons (Fsp3) is 0.474. The van der Waals surface area contributed by atoms with E-state index in [0.29, 0.717) is 37.0 Å². The van der Waals surface area contributed by atoms with E-state index in [0.717, 1.165) is 25.0 Å². The minimum Gasteiger partial charge on any atom is -0.381 e. The lowest BCUT2D eigenvalue weighted by molar-refractivity contribution is -0.137. The Morgan fingerprint density at radius 1 is 1.21 bits per heavy atom. The fourth-order valence-electron chi connectivity index (χ4n) is 2.87. The summed E-state index contributed by atoms with van der Waals surface area (Å²) in [6.07, 6.45) is -2.57. The standard InChI is InChI=1S/C19H21F3N2O4/c20-19(21,22)15-3-1-2-14(8-15)11-27-12-16-9-17(24-28-16)18(25)23-10-13-4-6-26-7-5-13/h1-3,8-9,13H,4-7,10-12H2,(H,23,25). The number of ether oxygens (including phenoxy) is 2. The fourth-order valence-corrected chi connectivity index (χ4v) is 2.87. The number of nitrogens with zero attached hydrogens (tertiary/aromatic N) is 1. The van der Waals surface area contributed by atoms with Gasteiger partial charge in [0.1, 0.15) is 6.61 Å². The number of halogens is 3. The van der Waals surface area contributed by atoms with Crippen molar-refractivity contribution in [2.45, 2.75) is 32.2 Å². The summed E-state index contributed by atoms with van der Waals surface area (Å²) in [6, 6.07) is 6.38. The summed E-state index contributed by atoms with van der Waals surface area (Å²) in [5.41, 5.74) is -0.190. The van der Waals surface area contributed by atoms with Crippen molar-refractivity contribution in [2.75, 3.05) is 19.8 Å². The number of carbonyl (C=O) groups excluding carboxylic acids is 1. The van der Waals surface area contributed by atoms with Gasteiger partial charge in [0.05, 0.1) is 12.2 Å². The number of benzene rings is 1. The molecule has 152 valence electrons. The Labute approximate surface area is 160 Å². The number of rotatable bonds is 7. The highest BCUT2D eigenvalue weighted by molar-refractivity contribution is 5.92. The zero-order valence-electron chi connectivity index (χ0n) is 15.1. The lowest BCUT2D eigenvalue weighted by atomic mass is 10.0. The van der Waals surface area contributed by atoms with Crippen molar-refractivity contribution in [3.63, 3.8) is 0 Å². The highest BCUT2D eigenvalue weighted by atomic mass is 19.4. The molecule has 2 aromatic rings. The molecule has 0 spiro atoms. The molecule has 1 aliphatic heterocycles. The molecule has 1 amide bonds. The van der Waals surface area contributed by atoms with E-state index in [2.05, 4.69) is 10.5 Å². The van der Waals surface area contributed by atoms with Gasteiger partial charge in [0.25, 0.3) is 5.91 Å². The van der Waals surface area contributed by atoms with Crippen molar-refractivity contribution in [1.29, 1.82) is 0 Å². The van der Waals surface area contributed by atoms with Crippen LogP contribution in [0.2, 0.25) is 0 Å². The van der Waals surface area contributed by atoms with Gasteiger partial charge >= 0.3 is 6.18 Å². The summed E-state index contributed by atoms with van der Waals surface area (Å²) in [7, 11) is 0. The predicted octanol–water partition coefficient (Wildman–Crippen LogP) is 3.57. The van der Waals surface area contributed by atoms with Crippen LogP contribution in [-0.2, 0) is 28.9 Å². The second kappa shape index (κ2) is 9.20. The smallest absolute Gasteiger partial charge is 0.381 e. The van der Waals surface area contributed by atoms with Crippen LogP contribution in [0.15, 0.2) is 34.9 Å². The Kier molecular flexibility index (Phi) is 6.69. The van der Waals surface area contributed by atoms with Crippen LogP contribution in [0.4, 0.5) is 13.2 Å². The van der Waals surface area contributed by atoms with Gasteiger partial charge in [-0.05, 0) is 36.5 Å². The molecule has 1 aromatic carbocycles. The first-order valence-electron chi connectivity index (χ1n) is 8.97. The van der Waals surface area contributed by atoms with Crippen LogP contribution >= 0.6 is 0 Å². The van der Waals surface area contributed by atoms with Crippen molar-refractivity contribution in [1.82, 2.24) is 10.5 Å². The average Bonchev–Trinajstić information content (AvgIpc) is 3.15. The Hall–Kier alpha value is -2.39. The third kappa shape index (κ3) is 5.80. The molecule has 1 aromatic heterocycles. The topological polar surface area (TPSA) is 73.6 Å². The van der Waals surface area contributed by atoms with Gasteiger partial charge in [-0.1, -0.05) is 17.3 Å². The Balaban J connectivity index is 1.45. The van der Waals surface area contributed by atoms with E-state index in [9.17, 15) is 18.0 Å². The maximum Gasteiger partial charge on any atom is 0.416 e. The SMILES string of the molecule is O=C(NCC1CCOCC1)c1cc(COCc2cccc(C(F)(F)F)c2)on1. The number of alkyl halides is 3. The molecule has 3 rings (SSSR count). The van der Waals surface area contributed by atoms with Gasteiger partial charge in [-0.3, -0.25) is 4.79 Å². The maximum atomic E-state index is 12.7. The molecule has 0 unspecified atom stereocenters. The lowest BCUT2D eigenvalue weighted by Gasteiger charge is -2.21. The van der Waals surface area contributed by atoms with E-state index in [-0.39, 0.29) is 24.8 Å². The monoisotopic (exact) mass is 398 g/mol. The van der Waals surface area contributed by atoms with Gasteiger partial charge in [0.15, 0.2) is 11.5 Å². The van der Waals surface area contributed by atoms with Crippen LogP contribution < -0.4 is 5.32 Å². The molecule has 28 heavy (non-hydrogen) atoms. The molecule has 0 bridgehead atoms. The highest BCUT2D eigenvalue weighted by Gasteiger charge is 2.30. The quantitative estimate of drug-likeness (QED) is 0.772. The van der Waals surface area contributed by atoms with Crippen molar-refractivity contribution in [3.8, 4) is 0 Å². The van der Waals surface area contributed by atoms with Crippen LogP contribution in [-0.4, -0.2) is 30.8 Å². The molecule has 2 heterocycles. The first-order valence-corrected chi connectivity index (χ1v) is 8.97. The lowest BCUT2D eigenvalue weighted by Crippen LogP contribution is -2.32. The van der Waals surface area contributed by atoms with Crippen LogP contribution in [0.25, 0.3) is 0 Å². The van der Waals surface area contributed by atoms with E-state index in [1.54, 1.807) is 6.07 Å². The van der Waals surface area contributed by atoms with Gasteiger partial charge in [-0.25, -0.2) is 0 Å². The number of hydrogen-bond acceptors (Lipinski definition) is 5. The Morgan fingerprint density at radius 2 is 2.00 bits per heavy atom. The maximum absolute atomic E-state index is 12.7. The summed E-state index contributed by atoms with van der Waals surface area (Å²) in [4.78, 5) is 12.1. The third-order valence-corrected chi connectivity index (χ3v) is 4.45. The van der Waals surface area contributed by atoms with Crippen LogP contribution in [0.5, 0.6) is 0 Å². The Morgan fingerprint density at radius 3 is 2.75 bits per heavy atom. The molecular weight excluding hydrogens is 377 g/mol. The molecule has 0 atom stereocenters. The van der Waals surface area contributed by atoms with Crippen molar-refractivity contribution in [3.05, 3.63) is 52.9 Å². The van der Waals surface area contributed by atoms with Gasteiger partial charge in [0.2, 0.25) is 0 Å². The van der Waals surface area contributed by atoms with E-state index in [4.69, 9.17) is 14.0 Å². The first kappa shape index (κ1) is 20.3. The van der Waals surface area contributed by atoms with Crippen LogP contribution in [0, 0.1) is 5.92 Å². The molecule has 0 radical (unpaired) electrons.